The fourth-order valence-electron chi connectivity index (χ4n) is 4.33. The van der Waals surface area contributed by atoms with Crippen molar-refractivity contribution in [3.63, 3.8) is 0 Å². The Hall–Kier alpha value is -0.760. The normalized spacial score (nSPS) is 30.2. The van der Waals surface area contributed by atoms with E-state index in [1.165, 1.54) is 62.7 Å². The largest absolute Gasteiger partial charge is 0.348 e. The quantitative estimate of drug-likeness (QED) is 0.873. The third-order valence-electron chi connectivity index (χ3n) is 5.76. The Morgan fingerprint density at radius 3 is 2.55 bits per heavy atom. The van der Waals surface area contributed by atoms with Crippen LogP contribution in [0.3, 0.4) is 0 Å². The molecule has 2 aliphatic carbocycles. The molecular weight excluding hydrogens is 244 g/mol. The maximum atomic E-state index is 6.28. The van der Waals surface area contributed by atoms with E-state index >= 15 is 0 Å². The van der Waals surface area contributed by atoms with Gasteiger partial charge in [0.05, 0.1) is 0 Å². The molecular formula is C18H30N2. The van der Waals surface area contributed by atoms with E-state index in [9.17, 15) is 0 Å². The monoisotopic (exact) mass is 274 g/mol. The molecule has 1 aromatic heterocycles. The molecule has 1 heterocycles. The lowest BCUT2D eigenvalue weighted by Crippen LogP contribution is -2.22. The van der Waals surface area contributed by atoms with Crippen molar-refractivity contribution in [1.82, 2.24) is 4.57 Å². The SMILES string of the molecule is CCC1CCC(Cn2c(C)cc3c2CCCC3N)CC1. The maximum absolute atomic E-state index is 6.28. The van der Waals surface area contributed by atoms with Gasteiger partial charge in [0, 0.05) is 24.0 Å². The highest BCUT2D eigenvalue weighted by Gasteiger charge is 2.25. The molecule has 2 aliphatic rings. The fraction of sp³-hybridized carbons (Fsp3) is 0.778. The van der Waals surface area contributed by atoms with Gasteiger partial charge in [-0.1, -0.05) is 26.2 Å². The lowest BCUT2D eigenvalue weighted by atomic mass is 9.81. The van der Waals surface area contributed by atoms with Crippen molar-refractivity contribution >= 4 is 0 Å². The first-order valence-electron chi connectivity index (χ1n) is 8.63. The summed E-state index contributed by atoms with van der Waals surface area (Å²) in [7, 11) is 0. The highest BCUT2D eigenvalue weighted by Crippen LogP contribution is 2.35. The smallest absolute Gasteiger partial charge is 0.0313 e. The molecule has 1 saturated carbocycles. The van der Waals surface area contributed by atoms with Crippen LogP contribution in [0.2, 0.25) is 0 Å². The van der Waals surface area contributed by atoms with Crippen LogP contribution >= 0.6 is 0 Å². The van der Waals surface area contributed by atoms with Crippen molar-refractivity contribution in [1.29, 1.82) is 0 Å². The number of aromatic nitrogens is 1. The van der Waals surface area contributed by atoms with E-state index in [0.717, 1.165) is 18.3 Å². The predicted molar refractivity (Wildman–Crippen MR) is 84.8 cm³/mol. The van der Waals surface area contributed by atoms with E-state index in [0.29, 0.717) is 0 Å². The maximum Gasteiger partial charge on any atom is 0.0313 e. The molecule has 20 heavy (non-hydrogen) atoms. The second-order valence-electron chi connectivity index (χ2n) is 7.09. The Balaban J connectivity index is 1.72. The molecule has 112 valence electrons. The molecule has 1 fully saturated rings. The van der Waals surface area contributed by atoms with E-state index in [1.807, 2.05) is 0 Å². The summed E-state index contributed by atoms with van der Waals surface area (Å²) in [5, 5.41) is 0. The van der Waals surface area contributed by atoms with Gasteiger partial charge in [-0.25, -0.2) is 0 Å². The van der Waals surface area contributed by atoms with Crippen molar-refractivity contribution in [2.75, 3.05) is 0 Å². The van der Waals surface area contributed by atoms with Gasteiger partial charge < -0.3 is 10.3 Å². The molecule has 0 bridgehead atoms. The number of nitrogens with zero attached hydrogens (tertiary/aromatic N) is 1. The number of aryl methyl sites for hydroxylation is 1. The average Bonchev–Trinajstić information content (AvgIpc) is 2.78. The molecule has 0 aliphatic heterocycles. The molecule has 2 nitrogen and oxygen atoms in total. The molecule has 1 aromatic rings. The first-order valence-corrected chi connectivity index (χ1v) is 8.63. The Morgan fingerprint density at radius 1 is 1.15 bits per heavy atom. The molecule has 0 radical (unpaired) electrons. The van der Waals surface area contributed by atoms with Gasteiger partial charge >= 0.3 is 0 Å². The summed E-state index contributed by atoms with van der Waals surface area (Å²) < 4.78 is 2.60. The molecule has 2 N–H and O–H groups in total. The zero-order valence-electron chi connectivity index (χ0n) is 13.2. The first-order chi connectivity index (χ1) is 9.69. The Labute approximate surface area is 123 Å². The molecule has 1 unspecified atom stereocenters. The molecule has 0 aromatic carbocycles. The van der Waals surface area contributed by atoms with Crippen LogP contribution < -0.4 is 5.73 Å². The topological polar surface area (TPSA) is 30.9 Å². The van der Waals surface area contributed by atoms with Crippen molar-refractivity contribution in [3.05, 3.63) is 23.0 Å². The molecule has 0 saturated heterocycles. The van der Waals surface area contributed by atoms with Gasteiger partial charge in [-0.3, -0.25) is 0 Å². The highest BCUT2D eigenvalue weighted by atomic mass is 15.0. The van der Waals surface area contributed by atoms with Gasteiger partial charge in [0.2, 0.25) is 0 Å². The van der Waals surface area contributed by atoms with E-state index in [1.54, 1.807) is 5.69 Å². The van der Waals surface area contributed by atoms with E-state index in [4.69, 9.17) is 5.73 Å². The summed E-state index contributed by atoms with van der Waals surface area (Å²) in [6, 6.07) is 2.64. The minimum atomic E-state index is 0.287. The number of hydrogen-bond donors (Lipinski definition) is 1. The Bertz CT molecular complexity index is 452. The van der Waals surface area contributed by atoms with Crippen LogP contribution in [-0.2, 0) is 13.0 Å². The van der Waals surface area contributed by atoms with Gasteiger partial charge in [-0.05, 0) is 62.5 Å². The molecule has 0 spiro atoms. The van der Waals surface area contributed by atoms with E-state index < -0.39 is 0 Å². The van der Waals surface area contributed by atoms with Crippen molar-refractivity contribution < 1.29 is 0 Å². The fourth-order valence-corrected chi connectivity index (χ4v) is 4.33. The summed E-state index contributed by atoms with van der Waals surface area (Å²) in [4.78, 5) is 0. The number of fused-ring (bicyclic) bond motifs is 1. The van der Waals surface area contributed by atoms with Crippen LogP contribution in [0.25, 0.3) is 0 Å². The molecule has 2 heteroatoms. The molecule has 0 amide bonds. The summed E-state index contributed by atoms with van der Waals surface area (Å²) in [6.07, 6.45) is 10.8. The zero-order chi connectivity index (χ0) is 14.1. The third kappa shape index (κ3) is 2.67. The van der Waals surface area contributed by atoms with Crippen LogP contribution in [0.1, 0.15) is 74.9 Å². The summed E-state index contributed by atoms with van der Waals surface area (Å²) in [6.45, 7) is 5.85. The minimum Gasteiger partial charge on any atom is -0.348 e. The van der Waals surface area contributed by atoms with Gasteiger partial charge in [-0.2, -0.15) is 0 Å². The summed E-state index contributed by atoms with van der Waals surface area (Å²) >= 11 is 0. The van der Waals surface area contributed by atoms with Gasteiger partial charge in [0.25, 0.3) is 0 Å². The van der Waals surface area contributed by atoms with Gasteiger partial charge in [0.15, 0.2) is 0 Å². The highest BCUT2D eigenvalue weighted by molar-refractivity contribution is 5.32. The van der Waals surface area contributed by atoms with Crippen molar-refractivity contribution in [2.45, 2.75) is 77.8 Å². The Morgan fingerprint density at radius 2 is 1.85 bits per heavy atom. The van der Waals surface area contributed by atoms with Gasteiger partial charge in [0.1, 0.15) is 0 Å². The zero-order valence-corrected chi connectivity index (χ0v) is 13.2. The number of rotatable bonds is 3. The standard InChI is InChI=1S/C18H30N2/c1-3-14-7-9-15(10-8-14)12-20-13(2)11-16-17(19)5-4-6-18(16)20/h11,14-15,17H,3-10,12,19H2,1-2H3. The van der Waals surface area contributed by atoms with Crippen LogP contribution in [0.15, 0.2) is 6.07 Å². The second-order valence-corrected chi connectivity index (χ2v) is 7.09. The van der Waals surface area contributed by atoms with Crippen LogP contribution in [0.5, 0.6) is 0 Å². The van der Waals surface area contributed by atoms with Crippen molar-refractivity contribution in [2.24, 2.45) is 17.6 Å². The van der Waals surface area contributed by atoms with Crippen LogP contribution in [-0.4, -0.2) is 4.57 Å². The summed E-state index contributed by atoms with van der Waals surface area (Å²) in [5.74, 6) is 1.89. The number of nitrogens with two attached hydrogens (primary N) is 1. The lowest BCUT2D eigenvalue weighted by molar-refractivity contribution is 0.245. The lowest BCUT2D eigenvalue weighted by Gasteiger charge is -2.30. The molecule has 1 atom stereocenters. The first kappa shape index (κ1) is 14.2. The minimum absolute atomic E-state index is 0.287. The predicted octanol–water partition coefficient (Wildman–Crippen LogP) is 4.35. The van der Waals surface area contributed by atoms with Crippen molar-refractivity contribution in [3.8, 4) is 0 Å². The molecule has 3 rings (SSSR count). The second kappa shape index (κ2) is 5.93. The van der Waals surface area contributed by atoms with Crippen LogP contribution in [0, 0.1) is 18.8 Å². The van der Waals surface area contributed by atoms with Gasteiger partial charge in [-0.15, -0.1) is 0 Å². The average molecular weight is 274 g/mol. The Kier molecular flexibility index (Phi) is 4.21. The summed E-state index contributed by atoms with van der Waals surface area (Å²) in [5.41, 5.74) is 10.7. The van der Waals surface area contributed by atoms with E-state index in [2.05, 4.69) is 24.5 Å². The number of hydrogen-bond acceptors (Lipinski definition) is 1. The third-order valence-corrected chi connectivity index (χ3v) is 5.76. The van der Waals surface area contributed by atoms with Crippen LogP contribution in [0.4, 0.5) is 0 Å². The van der Waals surface area contributed by atoms with E-state index in [-0.39, 0.29) is 6.04 Å².